The van der Waals surface area contributed by atoms with E-state index in [2.05, 4.69) is 17.4 Å². The van der Waals surface area contributed by atoms with E-state index in [1.165, 1.54) is 5.56 Å². The Bertz CT molecular complexity index is 761. The van der Waals surface area contributed by atoms with E-state index in [9.17, 15) is 4.79 Å². The molecular weight excluding hydrogens is 344 g/mol. The van der Waals surface area contributed by atoms with E-state index in [1.54, 1.807) is 12.0 Å². The van der Waals surface area contributed by atoms with E-state index in [0.717, 1.165) is 35.7 Å². The first kappa shape index (κ1) is 18.9. The third-order valence-electron chi connectivity index (χ3n) is 4.56. The zero-order valence-corrected chi connectivity index (χ0v) is 15.9. The maximum absolute atomic E-state index is 12.4. The monoisotopic (exact) mass is 370 g/mol. The Balaban J connectivity index is 1.44. The summed E-state index contributed by atoms with van der Waals surface area (Å²) in [6.45, 7) is 4.05. The van der Waals surface area contributed by atoms with Crippen molar-refractivity contribution < 1.29 is 19.0 Å². The number of rotatable bonds is 8. The van der Waals surface area contributed by atoms with Crippen LogP contribution < -0.4 is 19.5 Å². The average molecular weight is 370 g/mol. The standard InChI is InChI=1S/C21H26N2O4/c1-3-23(14-17-8-11-19-20(13-17)27-15-26-19)21(24)22-12-4-5-16-6-9-18(25-2)10-7-16/h6-11,13H,3-5,12,14-15H2,1-2H3,(H,22,24). The van der Waals surface area contributed by atoms with E-state index >= 15 is 0 Å². The minimum absolute atomic E-state index is 0.0510. The third-order valence-corrected chi connectivity index (χ3v) is 4.56. The van der Waals surface area contributed by atoms with Gasteiger partial charge in [-0.25, -0.2) is 4.79 Å². The fourth-order valence-corrected chi connectivity index (χ4v) is 2.98. The highest BCUT2D eigenvalue weighted by molar-refractivity contribution is 5.74. The number of aryl methyl sites for hydroxylation is 1. The molecule has 2 amide bonds. The van der Waals surface area contributed by atoms with Crippen LogP contribution in [0.25, 0.3) is 0 Å². The van der Waals surface area contributed by atoms with Crippen LogP contribution in [0.3, 0.4) is 0 Å². The normalized spacial score (nSPS) is 11.9. The molecule has 27 heavy (non-hydrogen) atoms. The first-order chi connectivity index (χ1) is 13.2. The summed E-state index contributed by atoms with van der Waals surface area (Å²) >= 11 is 0. The summed E-state index contributed by atoms with van der Waals surface area (Å²) in [5.74, 6) is 2.35. The summed E-state index contributed by atoms with van der Waals surface area (Å²) in [6, 6.07) is 13.8. The summed E-state index contributed by atoms with van der Waals surface area (Å²) < 4.78 is 15.9. The van der Waals surface area contributed by atoms with E-state index in [4.69, 9.17) is 14.2 Å². The summed E-state index contributed by atoms with van der Waals surface area (Å²) in [5, 5.41) is 3.01. The molecule has 0 saturated heterocycles. The van der Waals surface area contributed by atoms with Gasteiger partial charge in [-0.15, -0.1) is 0 Å². The zero-order valence-electron chi connectivity index (χ0n) is 15.9. The molecule has 0 aliphatic carbocycles. The van der Waals surface area contributed by atoms with Gasteiger partial charge in [0, 0.05) is 19.6 Å². The van der Waals surface area contributed by atoms with Gasteiger partial charge in [-0.2, -0.15) is 0 Å². The van der Waals surface area contributed by atoms with Crippen LogP contribution in [0, 0.1) is 0 Å². The zero-order chi connectivity index (χ0) is 19.1. The smallest absolute Gasteiger partial charge is 0.317 e. The molecule has 0 radical (unpaired) electrons. The summed E-state index contributed by atoms with van der Waals surface area (Å²) in [7, 11) is 1.66. The van der Waals surface area contributed by atoms with Crippen molar-refractivity contribution in [1.82, 2.24) is 10.2 Å². The van der Waals surface area contributed by atoms with Gasteiger partial charge in [0.25, 0.3) is 0 Å². The van der Waals surface area contributed by atoms with Gasteiger partial charge in [0.2, 0.25) is 6.79 Å². The van der Waals surface area contributed by atoms with Gasteiger partial charge in [0.05, 0.1) is 7.11 Å². The number of nitrogens with zero attached hydrogens (tertiary/aromatic N) is 1. The number of methoxy groups -OCH3 is 1. The fourth-order valence-electron chi connectivity index (χ4n) is 2.98. The number of nitrogens with one attached hydrogen (secondary N) is 1. The maximum Gasteiger partial charge on any atom is 0.317 e. The Morgan fingerprint density at radius 2 is 1.85 bits per heavy atom. The molecule has 1 N–H and O–H groups in total. The fraction of sp³-hybridized carbons (Fsp3) is 0.381. The number of fused-ring (bicyclic) bond motifs is 1. The lowest BCUT2D eigenvalue weighted by atomic mass is 10.1. The van der Waals surface area contributed by atoms with Crippen LogP contribution in [0.2, 0.25) is 0 Å². The number of hydrogen-bond acceptors (Lipinski definition) is 4. The molecular formula is C21H26N2O4. The van der Waals surface area contributed by atoms with Crippen molar-refractivity contribution in [2.24, 2.45) is 0 Å². The Hall–Kier alpha value is -2.89. The Kier molecular flexibility index (Phi) is 6.41. The molecule has 6 heteroatoms. The van der Waals surface area contributed by atoms with Crippen LogP contribution in [0.4, 0.5) is 4.79 Å². The van der Waals surface area contributed by atoms with Crippen molar-refractivity contribution in [3.05, 3.63) is 53.6 Å². The maximum atomic E-state index is 12.4. The largest absolute Gasteiger partial charge is 0.497 e. The second-order valence-corrected chi connectivity index (χ2v) is 6.39. The van der Waals surface area contributed by atoms with Crippen molar-refractivity contribution >= 4 is 6.03 Å². The number of amides is 2. The van der Waals surface area contributed by atoms with Gasteiger partial charge in [0.1, 0.15) is 5.75 Å². The van der Waals surface area contributed by atoms with Crippen molar-refractivity contribution in [2.75, 3.05) is 27.0 Å². The Labute approximate surface area is 160 Å². The quantitative estimate of drug-likeness (QED) is 0.722. The highest BCUT2D eigenvalue weighted by atomic mass is 16.7. The van der Waals surface area contributed by atoms with Crippen molar-refractivity contribution in [2.45, 2.75) is 26.3 Å². The Morgan fingerprint density at radius 1 is 1.11 bits per heavy atom. The molecule has 0 spiro atoms. The molecule has 0 unspecified atom stereocenters. The summed E-state index contributed by atoms with van der Waals surface area (Å²) in [6.07, 6.45) is 1.80. The van der Waals surface area contributed by atoms with Gasteiger partial charge in [-0.05, 0) is 55.2 Å². The molecule has 2 aromatic carbocycles. The predicted molar refractivity (Wildman–Crippen MR) is 103 cm³/mol. The molecule has 0 atom stereocenters. The molecule has 144 valence electrons. The molecule has 0 bridgehead atoms. The molecule has 1 aliphatic heterocycles. The highest BCUT2D eigenvalue weighted by Gasteiger charge is 2.16. The van der Waals surface area contributed by atoms with Crippen molar-refractivity contribution in [3.63, 3.8) is 0 Å². The Morgan fingerprint density at radius 3 is 2.59 bits per heavy atom. The third kappa shape index (κ3) is 5.06. The second kappa shape index (κ2) is 9.16. The second-order valence-electron chi connectivity index (χ2n) is 6.39. The molecule has 6 nitrogen and oxygen atoms in total. The number of carbonyl (C=O) groups is 1. The van der Waals surface area contributed by atoms with Crippen molar-refractivity contribution in [1.29, 1.82) is 0 Å². The SMILES string of the molecule is CCN(Cc1ccc2c(c1)OCO2)C(=O)NCCCc1ccc(OC)cc1. The molecule has 0 fully saturated rings. The van der Waals surface area contributed by atoms with Crippen LogP contribution in [0.15, 0.2) is 42.5 Å². The number of carbonyl (C=O) groups excluding carboxylic acids is 1. The lowest BCUT2D eigenvalue weighted by molar-refractivity contribution is 0.173. The molecule has 2 aromatic rings. The van der Waals surface area contributed by atoms with Crippen LogP contribution >= 0.6 is 0 Å². The summed E-state index contributed by atoms with van der Waals surface area (Å²) in [4.78, 5) is 14.2. The molecule has 0 aromatic heterocycles. The van der Waals surface area contributed by atoms with Gasteiger partial charge in [0.15, 0.2) is 11.5 Å². The average Bonchev–Trinajstić information content (AvgIpc) is 3.17. The summed E-state index contributed by atoms with van der Waals surface area (Å²) in [5.41, 5.74) is 2.26. The van der Waals surface area contributed by atoms with Crippen molar-refractivity contribution in [3.8, 4) is 17.2 Å². The van der Waals surface area contributed by atoms with Crippen LogP contribution in [-0.2, 0) is 13.0 Å². The van der Waals surface area contributed by atoms with Gasteiger partial charge < -0.3 is 24.4 Å². The minimum atomic E-state index is -0.0510. The number of benzene rings is 2. The lowest BCUT2D eigenvalue weighted by Crippen LogP contribution is -2.39. The van der Waals surface area contributed by atoms with E-state index in [0.29, 0.717) is 19.6 Å². The molecule has 0 saturated carbocycles. The van der Waals surface area contributed by atoms with Gasteiger partial charge in [-0.3, -0.25) is 0 Å². The molecule has 3 rings (SSSR count). The first-order valence-electron chi connectivity index (χ1n) is 9.24. The molecule has 1 aliphatic rings. The van der Waals surface area contributed by atoms with Gasteiger partial charge >= 0.3 is 6.03 Å². The van der Waals surface area contributed by atoms with Gasteiger partial charge in [-0.1, -0.05) is 18.2 Å². The highest BCUT2D eigenvalue weighted by Crippen LogP contribution is 2.32. The number of ether oxygens (including phenoxy) is 3. The topological polar surface area (TPSA) is 60.0 Å². The first-order valence-corrected chi connectivity index (χ1v) is 9.24. The van der Waals surface area contributed by atoms with E-state index in [-0.39, 0.29) is 12.8 Å². The van der Waals surface area contributed by atoms with Crippen LogP contribution in [0.1, 0.15) is 24.5 Å². The predicted octanol–water partition coefficient (Wildman–Crippen LogP) is 3.59. The van der Waals surface area contributed by atoms with Crippen LogP contribution in [-0.4, -0.2) is 37.9 Å². The van der Waals surface area contributed by atoms with E-state index in [1.807, 2.05) is 37.3 Å². The van der Waals surface area contributed by atoms with E-state index < -0.39 is 0 Å². The number of hydrogen-bond donors (Lipinski definition) is 1. The number of urea groups is 1. The molecule has 1 heterocycles. The lowest BCUT2D eigenvalue weighted by Gasteiger charge is -2.21. The van der Waals surface area contributed by atoms with Crippen LogP contribution in [0.5, 0.6) is 17.2 Å². The minimum Gasteiger partial charge on any atom is -0.497 e.